The second kappa shape index (κ2) is 8.21. The molecule has 1 atom stereocenters. The third-order valence-electron chi connectivity index (χ3n) is 5.58. The Morgan fingerprint density at radius 3 is 2.81 bits per heavy atom. The van der Waals surface area contributed by atoms with Crippen molar-refractivity contribution >= 4 is 5.91 Å². The molecule has 1 aliphatic carbocycles. The van der Waals surface area contributed by atoms with Crippen LogP contribution in [0, 0.1) is 0 Å². The van der Waals surface area contributed by atoms with Crippen LogP contribution >= 0.6 is 0 Å². The largest absolute Gasteiger partial charge is 0.344 e. The fourth-order valence-electron chi connectivity index (χ4n) is 3.78. The lowest BCUT2D eigenvalue weighted by atomic mass is 10.00. The highest BCUT2D eigenvalue weighted by Gasteiger charge is 2.31. The van der Waals surface area contributed by atoms with Gasteiger partial charge in [-0.25, -0.2) is 0 Å². The van der Waals surface area contributed by atoms with Gasteiger partial charge in [0.25, 0.3) is 0 Å². The molecule has 1 aromatic carbocycles. The summed E-state index contributed by atoms with van der Waals surface area (Å²) in [7, 11) is 1.89. The summed E-state index contributed by atoms with van der Waals surface area (Å²) >= 11 is 0. The lowest BCUT2D eigenvalue weighted by Crippen LogP contribution is -2.49. The Labute approximate surface area is 160 Å². The summed E-state index contributed by atoms with van der Waals surface area (Å²) in [5.74, 6) is 2.15. The first-order chi connectivity index (χ1) is 13.2. The third-order valence-corrected chi connectivity index (χ3v) is 5.58. The molecule has 4 rings (SSSR count). The number of likely N-dealkylation sites (N-methyl/N-ethyl adjacent to an activating group) is 1. The number of nitrogens with zero attached hydrogens (tertiary/aromatic N) is 4. The van der Waals surface area contributed by atoms with Gasteiger partial charge in [-0.15, -0.1) is 0 Å². The van der Waals surface area contributed by atoms with Gasteiger partial charge in [-0.3, -0.25) is 9.69 Å². The third kappa shape index (κ3) is 4.56. The Kier molecular flexibility index (Phi) is 5.53. The number of aromatic nitrogens is 2. The number of hydrogen-bond donors (Lipinski definition) is 0. The zero-order valence-corrected chi connectivity index (χ0v) is 16.0. The minimum absolute atomic E-state index is 0.0313. The van der Waals surface area contributed by atoms with E-state index in [2.05, 4.69) is 39.3 Å². The molecular weight excluding hydrogens is 340 g/mol. The van der Waals surface area contributed by atoms with Gasteiger partial charge < -0.3 is 9.42 Å². The maximum absolute atomic E-state index is 13.1. The van der Waals surface area contributed by atoms with Crippen molar-refractivity contribution in [3.8, 4) is 0 Å². The van der Waals surface area contributed by atoms with E-state index in [1.165, 1.54) is 5.56 Å². The van der Waals surface area contributed by atoms with E-state index >= 15 is 0 Å². The van der Waals surface area contributed by atoms with Crippen molar-refractivity contribution in [2.24, 2.45) is 0 Å². The molecule has 2 fully saturated rings. The molecule has 6 nitrogen and oxygen atoms in total. The van der Waals surface area contributed by atoms with E-state index < -0.39 is 0 Å². The van der Waals surface area contributed by atoms with Crippen LogP contribution in [-0.2, 0) is 17.8 Å². The Hall–Kier alpha value is -2.21. The van der Waals surface area contributed by atoms with E-state index in [0.29, 0.717) is 24.7 Å². The first kappa shape index (κ1) is 18.2. The van der Waals surface area contributed by atoms with Crippen LogP contribution in [0.15, 0.2) is 34.9 Å². The number of rotatable bonds is 7. The fraction of sp³-hybridized carbons (Fsp3) is 0.571. The molecule has 1 amide bonds. The summed E-state index contributed by atoms with van der Waals surface area (Å²) in [5, 5.41) is 4.06. The highest BCUT2D eigenvalue weighted by Crippen LogP contribution is 2.38. The van der Waals surface area contributed by atoms with E-state index in [-0.39, 0.29) is 11.9 Å². The second-order valence-electron chi connectivity index (χ2n) is 7.80. The molecule has 1 saturated heterocycles. The van der Waals surface area contributed by atoms with Crippen LogP contribution in [0.3, 0.4) is 0 Å². The molecule has 0 N–H and O–H groups in total. The van der Waals surface area contributed by atoms with E-state index in [1.807, 2.05) is 18.0 Å². The molecule has 2 aliphatic rings. The van der Waals surface area contributed by atoms with E-state index in [0.717, 1.165) is 51.1 Å². The van der Waals surface area contributed by atoms with Gasteiger partial charge in [0, 0.05) is 32.5 Å². The van der Waals surface area contributed by atoms with Crippen LogP contribution in [0.4, 0.5) is 0 Å². The molecular formula is C21H28N4O2. The van der Waals surface area contributed by atoms with Crippen molar-refractivity contribution in [1.29, 1.82) is 0 Å². The van der Waals surface area contributed by atoms with Crippen molar-refractivity contribution < 1.29 is 9.32 Å². The van der Waals surface area contributed by atoms with Gasteiger partial charge in [0.05, 0.1) is 6.04 Å². The van der Waals surface area contributed by atoms with Gasteiger partial charge in [-0.1, -0.05) is 41.9 Å². The Balaban J connectivity index is 1.33. The topological polar surface area (TPSA) is 62.5 Å². The number of benzene rings is 1. The molecule has 2 aromatic rings. The van der Waals surface area contributed by atoms with Gasteiger partial charge in [0.1, 0.15) is 0 Å². The van der Waals surface area contributed by atoms with Crippen molar-refractivity contribution in [3.63, 3.8) is 0 Å². The maximum atomic E-state index is 13.1. The molecule has 1 aromatic heterocycles. The number of piperidine rings is 1. The minimum atomic E-state index is -0.0313. The summed E-state index contributed by atoms with van der Waals surface area (Å²) in [6.45, 7) is 2.44. The van der Waals surface area contributed by atoms with Gasteiger partial charge in [-0.2, -0.15) is 4.98 Å². The molecule has 6 heteroatoms. The van der Waals surface area contributed by atoms with E-state index in [4.69, 9.17) is 4.52 Å². The molecule has 0 radical (unpaired) electrons. The van der Waals surface area contributed by atoms with Crippen LogP contribution < -0.4 is 0 Å². The predicted molar refractivity (Wildman–Crippen MR) is 102 cm³/mol. The Bertz CT molecular complexity index is 757. The minimum Gasteiger partial charge on any atom is -0.344 e. The summed E-state index contributed by atoms with van der Waals surface area (Å²) in [4.78, 5) is 21.7. The summed E-state index contributed by atoms with van der Waals surface area (Å²) < 4.78 is 5.31. The quantitative estimate of drug-likeness (QED) is 0.752. The van der Waals surface area contributed by atoms with Crippen LogP contribution in [0.25, 0.3) is 0 Å². The van der Waals surface area contributed by atoms with Gasteiger partial charge >= 0.3 is 0 Å². The summed E-state index contributed by atoms with van der Waals surface area (Å²) in [6.07, 6.45) is 6.16. The molecule has 2 heterocycles. The smallest absolute Gasteiger partial charge is 0.239 e. The maximum Gasteiger partial charge on any atom is 0.239 e. The summed E-state index contributed by atoms with van der Waals surface area (Å²) in [6, 6.07) is 10.4. The van der Waals surface area contributed by atoms with Gasteiger partial charge in [0.2, 0.25) is 11.8 Å². The average Bonchev–Trinajstić information content (AvgIpc) is 3.45. The highest BCUT2D eigenvalue weighted by atomic mass is 16.5. The van der Waals surface area contributed by atoms with Crippen LogP contribution in [-0.4, -0.2) is 52.0 Å². The number of hydrogen-bond acceptors (Lipinski definition) is 5. The number of amides is 1. The van der Waals surface area contributed by atoms with Gasteiger partial charge in [0.15, 0.2) is 5.82 Å². The lowest BCUT2D eigenvalue weighted by Gasteiger charge is -2.36. The number of carbonyl (C=O) groups is 1. The van der Waals surface area contributed by atoms with Crippen molar-refractivity contribution in [2.45, 2.75) is 57.0 Å². The molecule has 1 saturated carbocycles. The Morgan fingerprint density at radius 1 is 1.22 bits per heavy atom. The molecule has 27 heavy (non-hydrogen) atoms. The first-order valence-electron chi connectivity index (χ1n) is 10.1. The number of carbonyl (C=O) groups excluding carboxylic acids is 1. The van der Waals surface area contributed by atoms with Crippen molar-refractivity contribution in [2.75, 3.05) is 20.1 Å². The SMILES string of the molecule is CN(CCc1noc(C2CC2)n1)C(=O)[C@@H]1CCCCN1Cc1ccccc1. The average molecular weight is 368 g/mol. The standard InChI is InChI=1S/C21H28N4O2/c1-24(14-12-19-22-20(27-23-19)17-10-11-17)21(26)18-9-5-6-13-25(18)15-16-7-3-2-4-8-16/h2-4,7-8,17-18H,5-6,9-15H2,1H3/t18-/m0/s1. The zero-order valence-electron chi connectivity index (χ0n) is 16.0. The molecule has 0 bridgehead atoms. The first-order valence-corrected chi connectivity index (χ1v) is 10.1. The van der Waals surface area contributed by atoms with E-state index in [9.17, 15) is 4.79 Å². The Morgan fingerprint density at radius 2 is 2.04 bits per heavy atom. The van der Waals surface area contributed by atoms with Crippen LogP contribution in [0.1, 0.15) is 55.3 Å². The van der Waals surface area contributed by atoms with Crippen LogP contribution in [0.2, 0.25) is 0 Å². The molecule has 1 aliphatic heterocycles. The zero-order chi connectivity index (χ0) is 18.6. The monoisotopic (exact) mass is 368 g/mol. The van der Waals surface area contributed by atoms with Crippen LogP contribution in [0.5, 0.6) is 0 Å². The number of likely N-dealkylation sites (tertiary alicyclic amines) is 1. The van der Waals surface area contributed by atoms with Gasteiger partial charge in [-0.05, 0) is 37.8 Å². The normalized spacial score (nSPS) is 20.6. The van der Waals surface area contributed by atoms with Crippen molar-refractivity contribution in [1.82, 2.24) is 19.9 Å². The summed E-state index contributed by atoms with van der Waals surface area (Å²) in [5.41, 5.74) is 1.26. The molecule has 0 unspecified atom stereocenters. The fourth-order valence-corrected chi connectivity index (χ4v) is 3.78. The second-order valence-corrected chi connectivity index (χ2v) is 7.80. The predicted octanol–water partition coefficient (Wildman–Crippen LogP) is 3.00. The molecule has 144 valence electrons. The molecule has 0 spiro atoms. The van der Waals surface area contributed by atoms with E-state index in [1.54, 1.807) is 0 Å². The van der Waals surface area contributed by atoms with Crippen molar-refractivity contribution in [3.05, 3.63) is 47.6 Å². The highest BCUT2D eigenvalue weighted by molar-refractivity contribution is 5.81. The lowest BCUT2D eigenvalue weighted by molar-refractivity contribution is -0.137.